The SMILES string of the molecule is C[C@@H]1CN([C@H](C)CO)C(=O)c2cccc(NC(=O)c3ccncc3)c2O[C@@H]1CN(C)Cc1ccncc1. The van der Waals surface area contributed by atoms with Crippen LogP contribution in [-0.4, -0.2) is 75.6 Å². The molecule has 3 aromatic rings. The molecule has 0 spiro atoms. The molecule has 1 aromatic carbocycles. The van der Waals surface area contributed by atoms with E-state index in [4.69, 9.17) is 4.74 Å². The van der Waals surface area contributed by atoms with E-state index in [1.807, 2.05) is 33.0 Å². The first kappa shape index (κ1) is 26.2. The number of fused-ring (bicyclic) bond motifs is 1. The zero-order chi connectivity index (χ0) is 26.4. The Morgan fingerprint density at radius 3 is 2.51 bits per heavy atom. The van der Waals surface area contributed by atoms with Crippen LogP contribution in [0.2, 0.25) is 0 Å². The Morgan fingerprint density at radius 2 is 1.84 bits per heavy atom. The van der Waals surface area contributed by atoms with Gasteiger partial charge in [-0.05, 0) is 55.9 Å². The minimum Gasteiger partial charge on any atom is -0.486 e. The summed E-state index contributed by atoms with van der Waals surface area (Å²) < 4.78 is 6.57. The molecule has 1 aliphatic heterocycles. The summed E-state index contributed by atoms with van der Waals surface area (Å²) in [5, 5.41) is 12.8. The van der Waals surface area contributed by atoms with Gasteiger partial charge in [0.1, 0.15) is 6.10 Å². The molecule has 37 heavy (non-hydrogen) atoms. The summed E-state index contributed by atoms with van der Waals surface area (Å²) in [5.74, 6) is -0.283. The van der Waals surface area contributed by atoms with Crippen LogP contribution in [0.15, 0.2) is 67.3 Å². The molecule has 3 heterocycles. The van der Waals surface area contributed by atoms with E-state index in [-0.39, 0.29) is 36.5 Å². The van der Waals surface area contributed by atoms with E-state index in [0.717, 1.165) is 5.56 Å². The fraction of sp³-hybridized carbons (Fsp3) is 0.357. The van der Waals surface area contributed by atoms with Crippen molar-refractivity contribution < 1.29 is 19.4 Å². The quantitative estimate of drug-likeness (QED) is 0.486. The number of rotatable bonds is 8. The predicted octanol–water partition coefficient (Wildman–Crippen LogP) is 3.08. The van der Waals surface area contributed by atoms with Gasteiger partial charge >= 0.3 is 0 Å². The number of aliphatic hydroxyl groups is 1. The lowest BCUT2D eigenvalue weighted by Gasteiger charge is -2.38. The Balaban J connectivity index is 1.67. The van der Waals surface area contributed by atoms with Gasteiger partial charge in [0.25, 0.3) is 11.8 Å². The van der Waals surface area contributed by atoms with Gasteiger partial charge in [-0.3, -0.25) is 24.5 Å². The van der Waals surface area contributed by atoms with Crippen molar-refractivity contribution in [3.8, 4) is 5.75 Å². The maximum atomic E-state index is 13.6. The smallest absolute Gasteiger partial charge is 0.258 e. The van der Waals surface area contributed by atoms with Crippen molar-refractivity contribution >= 4 is 17.5 Å². The van der Waals surface area contributed by atoms with Crippen molar-refractivity contribution in [3.05, 3.63) is 83.9 Å². The Kier molecular flexibility index (Phi) is 8.47. The number of hydrogen-bond donors (Lipinski definition) is 2. The van der Waals surface area contributed by atoms with Crippen molar-refractivity contribution in [1.29, 1.82) is 0 Å². The largest absolute Gasteiger partial charge is 0.486 e. The predicted molar refractivity (Wildman–Crippen MR) is 140 cm³/mol. The summed E-state index contributed by atoms with van der Waals surface area (Å²) in [6.07, 6.45) is 6.35. The molecule has 0 radical (unpaired) electrons. The van der Waals surface area contributed by atoms with Crippen molar-refractivity contribution in [2.75, 3.05) is 32.1 Å². The van der Waals surface area contributed by atoms with Crippen molar-refractivity contribution in [1.82, 2.24) is 19.8 Å². The molecule has 4 rings (SSSR count). The third kappa shape index (κ3) is 6.31. The second-order valence-electron chi connectivity index (χ2n) is 9.55. The van der Waals surface area contributed by atoms with Crippen LogP contribution >= 0.6 is 0 Å². The molecular weight excluding hydrogens is 470 g/mol. The van der Waals surface area contributed by atoms with Crippen LogP contribution in [0.3, 0.4) is 0 Å². The first-order chi connectivity index (χ1) is 17.9. The number of ether oxygens (including phenoxy) is 1. The number of aromatic nitrogens is 2. The molecule has 3 atom stereocenters. The normalized spacial score (nSPS) is 18.4. The summed E-state index contributed by atoms with van der Waals surface area (Å²) in [4.78, 5) is 38.5. The molecule has 2 amide bonds. The fourth-order valence-corrected chi connectivity index (χ4v) is 4.43. The molecule has 0 saturated carbocycles. The van der Waals surface area contributed by atoms with Crippen LogP contribution in [0.1, 0.15) is 40.1 Å². The molecule has 0 saturated heterocycles. The Bertz CT molecular complexity index is 1210. The van der Waals surface area contributed by atoms with Crippen LogP contribution in [0.4, 0.5) is 5.69 Å². The van der Waals surface area contributed by atoms with Crippen LogP contribution in [-0.2, 0) is 6.54 Å². The van der Waals surface area contributed by atoms with Gasteiger partial charge in [-0.1, -0.05) is 13.0 Å². The number of hydrogen-bond acceptors (Lipinski definition) is 7. The molecule has 9 heteroatoms. The van der Waals surface area contributed by atoms with Crippen LogP contribution in [0.5, 0.6) is 5.75 Å². The van der Waals surface area contributed by atoms with Gasteiger partial charge in [-0.15, -0.1) is 0 Å². The van der Waals surface area contributed by atoms with Crippen molar-refractivity contribution in [2.45, 2.75) is 32.5 Å². The third-order valence-corrected chi connectivity index (χ3v) is 6.58. The number of pyridine rings is 2. The third-order valence-electron chi connectivity index (χ3n) is 6.58. The molecule has 9 nitrogen and oxygen atoms in total. The number of para-hydroxylation sites is 1. The number of aliphatic hydroxyl groups excluding tert-OH is 1. The molecule has 0 fully saturated rings. The first-order valence-corrected chi connectivity index (χ1v) is 12.4. The highest BCUT2D eigenvalue weighted by atomic mass is 16.5. The number of carbonyl (C=O) groups excluding carboxylic acids is 2. The molecule has 0 aliphatic carbocycles. The van der Waals surface area contributed by atoms with E-state index in [0.29, 0.717) is 42.2 Å². The van der Waals surface area contributed by atoms with Crippen molar-refractivity contribution in [2.24, 2.45) is 5.92 Å². The Labute approximate surface area is 217 Å². The highest BCUT2D eigenvalue weighted by Crippen LogP contribution is 2.35. The van der Waals surface area contributed by atoms with Gasteiger partial charge in [0.2, 0.25) is 0 Å². The zero-order valence-electron chi connectivity index (χ0n) is 21.4. The molecule has 0 bridgehead atoms. The fourth-order valence-electron chi connectivity index (χ4n) is 4.43. The van der Waals surface area contributed by atoms with Gasteiger partial charge in [0.15, 0.2) is 5.75 Å². The number of nitrogens with zero attached hydrogens (tertiary/aromatic N) is 4. The van der Waals surface area contributed by atoms with E-state index in [1.165, 1.54) is 0 Å². The summed E-state index contributed by atoms with van der Waals surface area (Å²) in [7, 11) is 2.02. The second kappa shape index (κ2) is 11.9. The Hall–Kier alpha value is -3.82. The first-order valence-electron chi connectivity index (χ1n) is 12.4. The van der Waals surface area contributed by atoms with Gasteiger partial charge in [0.05, 0.1) is 23.9 Å². The lowest BCUT2D eigenvalue weighted by molar-refractivity contribution is 0.0343. The number of likely N-dealkylation sites (N-methyl/N-ethyl adjacent to an activating group) is 1. The summed E-state index contributed by atoms with van der Waals surface area (Å²) >= 11 is 0. The van der Waals surface area contributed by atoms with Crippen LogP contribution in [0.25, 0.3) is 0 Å². The zero-order valence-corrected chi connectivity index (χ0v) is 21.4. The Morgan fingerprint density at radius 1 is 1.16 bits per heavy atom. The second-order valence-corrected chi connectivity index (χ2v) is 9.55. The molecule has 1 aliphatic rings. The number of carbonyl (C=O) groups is 2. The lowest BCUT2D eigenvalue weighted by atomic mass is 9.98. The molecule has 2 aromatic heterocycles. The van der Waals surface area contributed by atoms with E-state index >= 15 is 0 Å². The average Bonchev–Trinajstić information content (AvgIpc) is 2.91. The number of anilines is 1. The van der Waals surface area contributed by atoms with Gasteiger partial charge in [-0.2, -0.15) is 0 Å². The van der Waals surface area contributed by atoms with E-state index < -0.39 is 0 Å². The maximum absolute atomic E-state index is 13.6. The van der Waals surface area contributed by atoms with E-state index in [1.54, 1.807) is 60.0 Å². The molecule has 194 valence electrons. The van der Waals surface area contributed by atoms with E-state index in [2.05, 4.69) is 20.2 Å². The number of amides is 2. The maximum Gasteiger partial charge on any atom is 0.258 e. The van der Waals surface area contributed by atoms with Gasteiger partial charge in [0, 0.05) is 55.9 Å². The highest BCUT2D eigenvalue weighted by Gasteiger charge is 2.34. The monoisotopic (exact) mass is 503 g/mol. The van der Waals surface area contributed by atoms with Crippen LogP contribution in [0, 0.1) is 5.92 Å². The lowest BCUT2D eigenvalue weighted by Crippen LogP contribution is -2.49. The van der Waals surface area contributed by atoms with Gasteiger partial charge in [-0.25, -0.2) is 0 Å². The summed E-state index contributed by atoms with van der Waals surface area (Å²) in [6, 6.07) is 12.0. The number of nitrogens with one attached hydrogen (secondary N) is 1. The molecule has 2 N–H and O–H groups in total. The highest BCUT2D eigenvalue weighted by molar-refractivity contribution is 6.07. The molecular formula is C28H33N5O4. The summed E-state index contributed by atoms with van der Waals surface area (Å²) in [5.41, 5.74) is 2.34. The average molecular weight is 504 g/mol. The van der Waals surface area contributed by atoms with Crippen LogP contribution < -0.4 is 10.1 Å². The molecule has 0 unspecified atom stereocenters. The number of benzene rings is 1. The summed E-state index contributed by atoms with van der Waals surface area (Å²) in [6.45, 7) is 5.44. The standard InChI is InChI=1S/C28H33N5O4/c1-19-15-33(20(2)18-34)28(36)23-5-4-6-24(31-27(35)22-9-13-30-14-10-22)26(23)37-25(19)17-32(3)16-21-7-11-29-12-8-21/h4-14,19-20,25,34H,15-18H2,1-3H3,(H,31,35)/t19-,20-,25-/m1/s1. The minimum absolute atomic E-state index is 0.0463. The van der Waals surface area contributed by atoms with Crippen molar-refractivity contribution in [3.63, 3.8) is 0 Å². The minimum atomic E-state index is -0.369. The van der Waals surface area contributed by atoms with E-state index in [9.17, 15) is 14.7 Å². The topological polar surface area (TPSA) is 108 Å². The van der Waals surface area contributed by atoms with Gasteiger partial charge < -0.3 is 20.1 Å².